The molecule has 1 aliphatic heterocycles. The maximum Gasteiger partial charge on any atom is 0.224 e. The zero-order valence-corrected chi connectivity index (χ0v) is 11.8. The van der Waals surface area contributed by atoms with E-state index in [0.717, 1.165) is 19.4 Å². The van der Waals surface area contributed by atoms with Gasteiger partial charge in [-0.05, 0) is 12.8 Å². The van der Waals surface area contributed by atoms with Gasteiger partial charge < -0.3 is 15.5 Å². The van der Waals surface area contributed by atoms with E-state index >= 15 is 0 Å². The lowest BCUT2D eigenvalue weighted by molar-refractivity contribution is -0.119. The maximum absolute atomic E-state index is 13.9. The first-order valence-electron chi connectivity index (χ1n) is 6.88. The van der Waals surface area contributed by atoms with Gasteiger partial charge in [-0.3, -0.25) is 4.79 Å². The Hall–Kier alpha value is -1.92. The molecule has 0 saturated carbocycles. The largest absolute Gasteiger partial charge is 0.354 e. The molecule has 110 valence electrons. The van der Waals surface area contributed by atoms with Crippen molar-refractivity contribution in [2.75, 3.05) is 29.9 Å². The number of halogens is 1. The van der Waals surface area contributed by atoms with Crippen LogP contribution in [0.15, 0.2) is 6.20 Å². The highest BCUT2D eigenvalue weighted by Crippen LogP contribution is 2.22. The van der Waals surface area contributed by atoms with Crippen molar-refractivity contribution >= 4 is 17.7 Å². The van der Waals surface area contributed by atoms with E-state index in [1.54, 1.807) is 0 Å². The lowest BCUT2D eigenvalue weighted by Crippen LogP contribution is -2.36. The van der Waals surface area contributed by atoms with Crippen molar-refractivity contribution in [3.05, 3.63) is 12.0 Å². The van der Waals surface area contributed by atoms with Crippen LogP contribution in [0.1, 0.15) is 26.7 Å². The van der Waals surface area contributed by atoms with Gasteiger partial charge in [-0.25, -0.2) is 9.37 Å². The van der Waals surface area contributed by atoms with Gasteiger partial charge in [-0.1, -0.05) is 6.92 Å². The van der Waals surface area contributed by atoms with Crippen molar-refractivity contribution in [2.45, 2.75) is 32.7 Å². The van der Waals surface area contributed by atoms with E-state index in [1.165, 1.54) is 13.1 Å². The summed E-state index contributed by atoms with van der Waals surface area (Å²) >= 11 is 0. The van der Waals surface area contributed by atoms with Gasteiger partial charge in [0.25, 0.3) is 0 Å². The van der Waals surface area contributed by atoms with Crippen molar-refractivity contribution in [3.63, 3.8) is 0 Å². The molecule has 2 heterocycles. The standard InChI is InChI=1S/C13H20FN5O/c1-3-5-15-13-16-7-11(14)12(18-13)19-6-4-10(8-19)17-9(2)20/h7,10H,3-6,8H2,1-2H3,(H,17,20)(H,15,16,18). The second kappa shape index (κ2) is 6.49. The molecule has 1 unspecified atom stereocenters. The number of carbonyl (C=O) groups is 1. The van der Waals surface area contributed by atoms with E-state index in [-0.39, 0.29) is 11.9 Å². The Morgan fingerprint density at radius 1 is 1.60 bits per heavy atom. The third kappa shape index (κ3) is 3.55. The fourth-order valence-electron chi connectivity index (χ4n) is 2.26. The zero-order chi connectivity index (χ0) is 14.5. The third-order valence-electron chi connectivity index (χ3n) is 3.15. The summed E-state index contributed by atoms with van der Waals surface area (Å²) in [7, 11) is 0. The molecule has 7 heteroatoms. The second-order valence-electron chi connectivity index (χ2n) is 4.92. The molecule has 1 amide bonds. The number of rotatable bonds is 5. The number of carbonyl (C=O) groups excluding carboxylic acids is 1. The molecule has 2 rings (SSSR count). The average molecular weight is 281 g/mol. The van der Waals surface area contributed by atoms with Gasteiger partial charge in [0, 0.05) is 32.6 Å². The minimum atomic E-state index is -0.435. The third-order valence-corrected chi connectivity index (χ3v) is 3.15. The van der Waals surface area contributed by atoms with Crippen LogP contribution in [0.2, 0.25) is 0 Å². The van der Waals surface area contributed by atoms with E-state index < -0.39 is 5.82 Å². The van der Waals surface area contributed by atoms with Gasteiger partial charge in [0.1, 0.15) is 0 Å². The number of hydrogen-bond acceptors (Lipinski definition) is 5. The molecule has 1 aromatic heterocycles. The summed E-state index contributed by atoms with van der Waals surface area (Å²) < 4.78 is 13.9. The molecule has 0 aliphatic carbocycles. The van der Waals surface area contributed by atoms with Crippen molar-refractivity contribution in [3.8, 4) is 0 Å². The van der Waals surface area contributed by atoms with Gasteiger partial charge in [0.05, 0.1) is 6.20 Å². The molecular weight excluding hydrogens is 261 g/mol. The van der Waals surface area contributed by atoms with Crippen molar-refractivity contribution in [2.24, 2.45) is 0 Å². The number of nitrogens with zero attached hydrogens (tertiary/aromatic N) is 3. The Labute approximate surface area is 117 Å². The minimum absolute atomic E-state index is 0.0499. The van der Waals surface area contributed by atoms with Gasteiger partial charge in [0.15, 0.2) is 11.6 Å². The van der Waals surface area contributed by atoms with Gasteiger partial charge in [-0.2, -0.15) is 4.98 Å². The molecule has 1 aliphatic rings. The molecule has 1 aromatic rings. The first-order valence-corrected chi connectivity index (χ1v) is 6.88. The minimum Gasteiger partial charge on any atom is -0.354 e. The van der Waals surface area contributed by atoms with E-state index in [2.05, 4.69) is 20.6 Å². The quantitative estimate of drug-likeness (QED) is 0.847. The number of anilines is 2. The summed E-state index contributed by atoms with van der Waals surface area (Å²) in [5.41, 5.74) is 0. The van der Waals surface area contributed by atoms with E-state index in [1.807, 2.05) is 11.8 Å². The second-order valence-corrected chi connectivity index (χ2v) is 4.92. The van der Waals surface area contributed by atoms with Gasteiger partial charge in [-0.15, -0.1) is 0 Å². The normalized spacial score (nSPS) is 18.1. The van der Waals surface area contributed by atoms with E-state index in [4.69, 9.17) is 0 Å². The highest BCUT2D eigenvalue weighted by molar-refractivity contribution is 5.73. The van der Waals surface area contributed by atoms with Gasteiger partial charge >= 0.3 is 0 Å². The average Bonchev–Trinajstić information content (AvgIpc) is 2.85. The van der Waals surface area contributed by atoms with Crippen LogP contribution in [0.4, 0.5) is 16.2 Å². The van der Waals surface area contributed by atoms with Crippen LogP contribution in [0.25, 0.3) is 0 Å². The number of aromatic nitrogens is 2. The van der Waals surface area contributed by atoms with Crippen LogP contribution in [0.3, 0.4) is 0 Å². The SMILES string of the molecule is CCCNc1ncc(F)c(N2CCC(NC(C)=O)C2)n1. The van der Waals surface area contributed by atoms with Crippen LogP contribution in [-0.4, -0.2) is 41.6 Å². The summed E-state index contributed by atoms with van der Waals surface area (Å²) in [6.45, 7) is 5.52. The molecule has 1 fully saturated rings. The predicted molar refractivity (Wildman–Crippen MR) is 75.2 cm³/mol. The summed E-state index contributed by atoms with van der Waals surface area (Å²) in [5.74, 6) is 0.235. The van der Waals surface area contributed by atoms with Crippen molar-refractivity contribution in [1.82, 2.24) is 15.3 Å². The van der Waals surface area contributed by atoms with E-state index in [9.17, 15) is 9.18 Å². The molecule has 1 atom stereocenters. The van der Waals surface area contributed by atoms with Crippen molar-refractivity contribution < 1.29 is 9.18 Å². The number of hydrogen-bond donors (Lipinski definition) is 2. The Kier molecular flexibility index (Phi) is 4.70. The lowest BCUT2D eigenvalue weighted by atomic mass is 10.3. The Morgan fingerprint density at radius 2 is 2.40 bits per heavy atom. The molecule has 1 saturated heterocycles. The van der Waals surface area contributed by atoms with Crippen LogP contribution in [0, 0.1) is 5.82 Å². The molecule has 20 heavy (non-hydrogen) atoms. The summed E-state index contributed by atoms with van der Waals surface area (Å²) in [5, 5.41) is 5.89. The van der Waals surface area contributed by atoms with E-state index in [0.29, 0.717) is 24.9 Å². The Bertz CT molecular complexity index is 482. The first kappa shape index (κ1) is 14.5. The fourth-order valence-corrected chi connectivity index (χ4v) is 2.26. The summed E-state index contributed by atoms with van der Waals surface area (Å²) in [6.07, 6.45) is 2.93. The number of nitrogens with one attached hydrogen (secondary N) is 2. The van der Waals surface area contributed by atoms with Crippen LogP contribution in [-0.2, 0) is 4.79 Å². The molecular formula is C13H20FN5O. The molecule has 2 N–H and O–H groups in total. The fraction of sp³-hybridized carbons (Fsp3) is 0.615. The zero-order valence-electron chi connectivity index (χ0n) is 11.8. The Morgan fingerprint density at radius 3 is 3.10 bits per heavy atom. The van der Waals surface area contributed by atoms with Crippen LogP contribution >= 0.6 is 0 Å². The lowest BCUT2D eigenvalue weighted by Gasteiger charge is -2.18. The van der Waals surface area contributed by atoms with Crippen molar-refractivity contribution in [1.29, 1.82) is 0 Å². The predicted octanol–water partition coefficient (Wildman–Crippen LogP) is 1.15. The molecule has 0 aromatic carbocycles. The molecule has 6 nitrogen and oxygen atoms in total. The topological polar surface area (TPSA) is 70.2 Å². The smallest absolute Gasteiger partial charge is 0.224 e. The highest BCUT2D eigenvalue weighted by Gasteiger charge is 2.26. The first-order chi connectivity index (χ1) is 9.60. The van der Waals surface area contributed by atoms with Gasteiger partial charge in [0.2, 0.25) is 11.9 Å². The highest BCUT2D eigenvalue weighted by atomic mass is 19.1. The molecule has 0 radical (unpaired) electrons. The van der Waals surface area contributed by atoms with Crippen LogP contribution in [0.5, 0.6) is 0 Å². The number of amides is 1. The molecule has 0 bridgehead atoms. The van der Waals surface area contributed by atoms with Crippen LogP contribution < -0.4 is 15.5 Å². The summed E-state index contributed by atoms with van der Waals surface area (Å²) in [6, 6.07) is 0.0499. The summed E-state index contributed by atoms with van der Waals surface area (Å²) in [4.78, 5) is 21.0. The molecule has 0 spiro atoms. The monoisotopic (exact) mass is 281 g/mol. The Balaban J connectivity index is 2.06. The maximum atomic E-state index is 13.9.